The molecule has 4 nitrogen and oxygen atoms in total. The van der Waals surface area contributed by atoms with Crippen molar-refractivity contribution in [3.63, 3.8) is 0 Å². The average Bonchev–Trinajstić information content (AvgIpc) is 2.52. The summed E-state index contributed by atoms with van der Waals surface area (Å²) in [6.07, 6.45) is 2.57. The van der Waals surface area contributed by atoms with E-state index in [0.717, 1.165) is 19.3 Å². The van der Waals surface area contributed by atoms with E-state index in [2.05, 4.69) is 10.6 Å². The van der Waals surface area contributed by atoms with Gasteiger partial charge in [0.15, 0.2) is 0 Å². The number of rotatable bonds is 4. The van der Waals surface area contributed by atoms with Crippen LogP contribution in [0, 0.1) is 0 Å². The normalized spacial score (nSPS) is 28.8. The van der Waals surface area contributed by atoms with Crippen molar-refractivity contribution in [1.82, 2.24) is 10.6 Å². The molecule has 0 aromatic carbocycles. The molecular formula is C10H20N2O2. The average molecular weight is 200 g/mol. The molecule has 0 radical (unpaired) electrons. The molecule has 14 heavy (non-hydrogen) atoms. The molecule has 4 heteroatoms. The van der Waals surface area contributed by atoms with E-state index in [-0.39, 0.29) is 24.1 Å². The largest absolute Gasteiger partial charge is 0.392 e. The van der Waals surface area contributed by atoms with E-state index in [4.69, 9.17) is 0 Å². The predicted molar refractivity (Wildman–Crippen MR) is 54.9 cm³/mol. The first-order valence-electron chi connectivity index (χ1n) is 5.37. The van der Waals surface area contributed by atoms with Gasteiger partial charge < -0.3 is 15.7 Å². The molecule has 1 aliphatic carbocycles. The van der Waals surface area contributed by atoms with Gasteiger partial charge in [0, 0.05) is 12.6 Å². The fourth-order valence-electron chi connectivity index (χ4n) is 1.86. The third-order valence-corrected chi connectivity index (χ3v) is 2.69. The summed E-state index contributed by atoms with van der Waals surface area (Å²) >= 11 is 0. The minimum Gasteiger partial charge on any atom is -0.392 e. The van der Waals surface area contributed by atoms with Gasteiger partial charge in [-0.05, 0) is 33.1 Å². The van der Waals surface area contributed by atoms with Gasteiger partial charge in [-0.2, -0.15) is 0 Å². The van der Waals surface area contributed by atoms with Gasteiger partial charge >= 0.3 is 0 Å². The highest BCUT2D eigenvalue weighted by molar-refractivity contribution is 5.81. The maximum atomic E-state index is 11.4. The number of aliphatic hydroxyl groups is 1. The molecule has 0 saturated heterocycles. The molecule has 0 bridgehead atoms. The standard InChI is InChI=1S/C10H20N2O2/c1-3-11-10(14)7(2)12-8-5-4-6-9(8)13/h7-9,12-13H,3-6H2,1-2H3,(H,11,14)/t7?,8-,9-/m1/s1. The van der Waals surface area contributed by atoms with Crippen LogP contribution in [0.3, 0.4) is 0 Å². The van der Waals surface area contributed by atoms with Crippen molar-refractivity contribution < 1.29 is 9.90 Å². The summed E-state index contributed by atoms with van der Waals surface area (Å²) in [5, 5.41) is 15.5. The van der Waals surface area contributed by atoms with Crippen molar-refractivity contribution in [3.05, 3.63) is 0 Å². The summed E-state index contributed by atoms with van der Waals surface area (Å²) in [6.45, 7) is 4.38. The SMILES string of the molecule is CCNC(=O)C(C)N[C@@H]1CCC[C@H]1O. The van der Waals surface area contributed by atoms with E-state index < -0.39 is 0 Å². The molecule has 0 spiro atoms. The van der Waals surface area contributed by atoms with Crippen LogP contribution in [-0.4, -0.2) is 35.7 Å². The Balaban J connectivity index is 2.32. The molecule has 3 atom stereocenters. The molecule has 1 saturated carbocycles. The molecule has 82 valence electrons. The van der Waals surface area contributed by atoms with E-state index in [1.807, 2.05) is 13.8 Å². The van der Waals surface area contributed by atoms with Gasteiger partial charge in [-0.3, -0.25) is 4.79 Å². The first kappa shape index (κ1) is 11.5. The van der Waals surface area contributed by atoms with Crippen molar-refractivity contribution in [1.29, 1.82) is 0 Å². The van der Waals surface area contributed by atoms with E-state index >= 15 is 0 Å². The molecule has 0 heterocycles. The number of hydrogen-bond acceptors (Lipinski definition) is 3. The zero-order valence-corrected chi connectivity index (χ0v) is 8.92. The molecule has 0 aromatic heterocycles. The first-order chi connectivity index (χ1) is 6.65. The summed E-state index contributed by atoms with van der Waals surface area (Å²) < 4.78 is 0. The van der Waals surface area contributed by atoms with Crippen molar-refractivity contribution in [3.8, 4) is 0 Å². The number of aliphatic hydroxyl groups excluding tert-OH is 1. The highest BCUT2D eigenvalue weighted by Crippen LogP contribution is 2.19. The zero-order valence-electron chi connectivity index (χ0n) is 8.92. The lowest BCUT2D eigenvalue weighted by Gasteiger charge is -2.21. The monoisotopic (exact) mass is 200 g/mol. The lowest BCUT2D eigenvalue weighted by Crippen LogP contribution is -2.48. The molecule has 1 fully saturated rings. The Hall–Kier alpha value is -0.610. The number of carbonyl (C=O) groups is 1. The van der Waals surface area contributed by atoms with Crippen LogP contribution in [0.2, 0.25) is 0 Å². The Labute approximate surface area is 85.1 Å². The molecular weight excluding hydrogens is 180 g/mol. The van der Waals surface area contributed by atoms with Crippen molar-refractivity contribution in [2.24, 2.45) is 0 Å². The fraction of sp³-hybridized carbons (Fsp3) is 0.900. The van der Waals surface area contributed by atoms with E-state index in [9.17, 15) is 9.90 Å². The second-order valence-corrected chi connectivity index (χ2v) is 3.89. The van der Waals surface area contributed by atoms with Gasteiger partial charge in [0.05, 0.1) is 12.1 Å². The number of amides is 1. The Morgan fingerprint density at radius 1 is 1.57 bits per heavy atom. The summed E-state index contributed by atoms with van der Waals surface area (Å²) in [6, 6.07) is -0.125. The van der Waals surface area contributed by atoms with Crippen LogP contribution in [0.4, 0.5) is 0 Å². The minimum atomic E-state index is -0.285. The van der Waals surface area contributed by atoms with Crippen LogP contribution in [0.5, 0.6) is 0 Å². The third-order valence-electron chi connectivity index (χ3n) is 2.69. The molecule has 1 rings (SSSR count). The predicted octanol–water partition coefficient (Wildman–Crippen LogP) is 0.0140. The third kappa shape index (κ3) is 2.96. The van der Waals surface area contributed by atoms with Crippen LogP contribution in [0.25, 0.3) is 0 Å². The van der Waals surface area contributed by atoms with Gasteiger partial charge in [0.2, 0.25) is 5.91 Å². The summed E-state index contributed by atoms with van der Waals surface area (Å²) in [5.41, 5.74) is 0. The van der Waals surface area contributed by atoms with E-state index in [0.29, 0.717) is 6.54 Å². The molecule has 3 N–H and O–H groups in total. The quantitative estimate of drug-likeness (QED) is 0.599. The summed E-state index contributed by atoms with van der Waals surface area (Å²) in [7, 11) is 0. The van der Waals surface area contributed by atoms with Crippen LogP contribution in [0.1, 0.15) is 33.1 Å². The number of hydrogen-bond donors (Lipinski definition) is 3. The van der Waals surface area contributed by atoms with E-state index in [1.165, 1.54) is 0 Å². The Kier molecular flexibility index (Phi) is 4.35. The van der Waals surface area contributed by atoms with Crippen molar-refractivity contribution in [2.45, 2.75) is 51.3 Å². The van der Waals surface area contributed by atoms with Crippen LogP contribution in [0.15, 0.2) is 0 Å². The van der Waals surface area contributed by atoms with Crippen LogP contribution < -0.4 is 10.6 Å². The zero-order chi connectivity index (χ0) is 10.6. The molecule has 1 unspecified atom stereocenters. The summed E-state index contributed by atoms with van der Waals surface area (Å²) in [5.74, 6) is 0.00611. The van der Waals surface area contributed by atoms with Crippen molar-refractivity contribution in [2.75, 3.05) is 6.54 Å². The molecule has 0 aromatic rings. The van der Waals surface area contributed by atoms with Crippen molar-refractivity contribution >= 4 is 5.91 Å². The summed E-state index contributed by atoms with van der Waals surface area (Å²) in [4.78, 5) is 11.4. The topological polar surface area (TPSA) is 61.4 Å². The highest BCUT2D eigenvalue weighted by Gasteiger charge is 2.27. The highest BCUT2D eigenvalue weighted by atomic mass is 16.3. The maximum Gasteiger partial charge on any atom is 0.236 e. The Morgan fingerprint density at radius 2 is 2.29 bits per heavy atom. The van der Waals surface area contributed by atoms with E-state index in [1.54, 1.807) is 0 Å². The number of nitrogens with one attached hydrogen (secondary N) is 2. The lowest BCUT2D eigenvalue weighted by atomic mass is 10.2. The molecule has 0 aliphatic heterocycles. The van der Waals surface area contributed by atoms with Crippen LogP contribution >= 0.6 is 0 Å². The fourth-order valence-corrected chi connectivity index (χ4v) is 1.86. The molecule has 1 amide bonds. The van der Waals surface area contributed by atoms with Crippen LogP contribution in [-0.2, 0) is 4.79 Å². The van der Waals surface area contributed by atoms with Gasteiger partial charge in [0.1, 0.15) is 0 Å². The lowest BCUT2D eigenvalue weighted by molar-refractivity contribution is -0.122. The number of carbonyl (C=O) groups excluding carboxylic acids is 1. The van der Waals surface area contributed by atoms with Gasteiger partial charge in [-0.1, -0.05) is 0 Å². The van der Waals surface area contributed by atoms with Gasteiger partial charge in [0.25, 0.3) is 0 Å². The molecule has 1 aliphatic rings. The van der Waals surface area contributed by atoms with Gasteiger partial charge in [-0.25, -0.2) is 0 Å². The second kappa shape index (κ2) is 5.32. The Morgan fingerprint density at radius 3 is 2.79 bits per heavy atom. The second-order valence-electron chi connectivity index (χ2n) is 3.89. The first-order valence-corrected chi connectivity index (χ1v) is 5.37. The number of likely N-dealkylation sites (N-methyl/N-ethyl adjacent to an activating group) is 1. The minimum absolute atomic E-state index is 0.00611. The maximum absolute atomic E-state index is 11.4. The Bertz CT molecular complexity index is 197. The smallest absolute Gasteiger partial charge is 0.236 e. The van der Waals surface area contributed by atoms with Gasteiger partial charge in [-0.15, -0.1) is 0 Å².